The van der Waals surface area contributed by atoms with Gasteiger partial charge in [-0.15, -0.1) is 0 Å². The maximum Gasteiger partial charge on any atom is 0.336 e. The van der Waals surface area contributed by atoms with Crippen LogP contribution in [0.2, 0.25) is 0 Å². The number of amides is 1. The van der Waals surface area contributed by atoms with Gasteiger partial charge in [-0.3, -0.25) is 9.69 Å². The lowest BCUT2D eigenvalue weighted by molar-refractivity contribution is -0.134. The number of nitrogens with zero attached hydrogens (tertiary/aromatic N) is 2. The summed E-state index contributed by atoms with van der Waals surface area (Å²) in [4.78, 5) is 28.3. The fourth-order valence-corrected chi connectivity index (χ4v) is 3.68. The molecule has 2 aromatic rings. The van der Waals surface area contributed by atoms with Gasteiger partial charge in [0.15, 0.2) is 0 Å². The SMILES string of the molecule is CCc1cc2c(CN3CCN(C(=O)C4CC4)CC3)cc(=O)oc2cc1O. The zero-order valence-corrected chi connectivity index (χ0v) is 15.0. The monoisotopic (exact) mass is 356 g/mol. The Morgan fingerprint density at radius 2 is 1.88 bits per heavy atom. The van der Waals surface area contributed by atoms with Gasteiger partial charge < -0.3 is 14.4 Å². The second-order valence-corrected chi connectivity index (χ2v) is 7.30. The Bertz CT molecular complexity index is 893. The highest BCUT2D eigenvalue weighted by Crippen LogP contribution is 2.31. The predicted octanol–water partition coefficient (Wildman–Crippen LogP) is 2.12. The molecule has 2 fully saturated rings. The molecule has 6 heteroatoms. The minimum Gasteiger partial charge on any atom is -0.508 e. The molecule has 2 heterocycles. The molecule has 26 heavy (non-hydrogen) atoms. The number of phenols is 1. The molecule has 0 spiro atoms. The molecule has 2 aliphatic rings. The number of aryl methyl sites for hydroxylation is 1. The standard InChI is InChI=1S/C20H24N2O4/c1-2-13-9-16-15(10-19(24)26-18(16)11-17(13)23)12-21-5-7-22(8-6-21)20(25)14-3-4-14/h9-11,14,23H,2-8,12H2,1H3. The molecule has 1 aromatic carbocycles. The molecule has 1 saturated carbocycles. The van der Waals surface area contributed by atoms with Crippen LogP contribution < -0.4 is 5.63 Å². The third-order valence-electron chi connectivity index (χ3n) is 5.41. The molecule has 1 aromatic heterocycles. The molecule has 4 rings (SSSR count). The molecular formula is C20H24N2O4. The van der Waals surface area contributed by atoms with Crippen LogP contribution in [-0.2, 0) is 17.8 Å². The van der Waals surface area contributed by atoms with E-state index in [4.69, 9.17) is 4.42 Å². The van der Waals surface area contributed by atoms with E-state index in [1.54, 1.807) is 6.07 Å². The third kappa shape index (κ3) is 3.33. The first-order chi connectivity index (χ1) is 12.5. The fourth-order valence-electron chi connectivity index (χ4n) is 3.68. The number of benzene rings is 1. The average Bonchev–Trinajstić information content (AvgIpc) is 3.46. The van der Waals surface area contributed by atoms with Crippen molar-refractivity contribution in [1.29, 1.82) is 0 Å². The Kier molecular flexibility index (Phi) is 4.44. The number of phenolic OH excluding ortho intramolecular Hbond substituents is 1. The Morgan fingerprint density at radius 3 is 2.54 bits per heavy atom. The number of rotatable bonds is 4. The number of carbonyl (C=O) groups excluding carboxylic acids is 1. The Labute approximate surface area is 152 Å². The quantitative estimate of drug-likeness (QED) is 0.850. The molecule has 1 N–H and O–H groups in total. The minimum atomic E-state index is -0.404. The largest absolute Gasteiger partial charge is 0.508 e. The predicted molar refractivity (Wildman–Crippen MR) is 98.1 cm³/mol. The van der Waals surface area contributed by atoms with Gasteiger partial charge in [0.2, 0.25) is 5.91 Å². The van der Waals surface area contributed by atoms with E-state index in [1.807, 2.05) is 17.9 Å². The summed E-state index contributed by atoms with van der Waals surface area (Å²) in [7, 11) is 0. The first kappa shape index (κ1) is 17.1. The van der Waals surface area contributed by atoms with Crippen molar-refractivity contribution in [2.45, 2.75) is 32.7 Å². The molecule has 0 bridgehead atoms. The highest BCUT2D eigenvalue weighted by Gasteiger charge is 2.34. The molecular weight excluding hydrogens is 332 g/mol. The molecule has 0 radical (unpaired) electrons. The van der Waals surface area contributed by atoms with E-state index in [1.165, 1.54) is 6.07 Å². The molecule has 0 unspecified atom stereocenters. The van der Waals surface area contributed by atoms with E-state index >= 15 is 0 Å². The van der Waals surface area contributed by atoms with E-state index < -0.39 is 5.63 Å². The summed E-state index contributed by atoms with van der Waals surface area (Å²) in [6.45, 7) is 5.72. The van der Waals surface area contributed by atoms with Crippen LogP contribution in [0.1, 0.15) is 30.9 Å². The first-order valence-electron chi connectivity index (χ1n) is 9.35. The van der Waals surface area contributed by atoms with Gasteiger partial charge in [-0.2, -0.15) is 0 Å². The van der Waals surface area contributed by atoms with Crippen molar-refractivity contribution < 1.29 is 14.3 Å². The molecule has 1 aliphatic carbocycles. The van der Waals surface area contributed by atoms with Gasteiger partial charge in [0, 0.05) is 56.2 Å². The zero-order chi connectivity index (χ0) is 18.3. The van der Waals surface area contributed by atoms with Gasteiger partial charge in [-0.25, -0.2) is 4.79 Å². The molecule has 1 aliphatic heterocycles. The van der Waals surface area contributed by atoms with Crippen LogP contribution in [0.3, 0.4) is 0 Å². The van der Waals surface area contributed by atoms with E-state index in [2.05, 4.69) is 4.90 Å². The zero-order valence-electron chi connectivity index (χ0n) is 15.0. The molecule has 0 atom stereocenters. The van der Waals surface area contributed by atoms with E-state index in [9.17, 15) is 14.7 Å². The number of fused-ring (bicyclic) bond motifs is 1. The molecule has 1 saturated heterocycles. The van der Waals surface area contributed by atoms with Crippen LogP contribution in [0.5, 0.6) is 5.75 Å². The number of hydrogen-bond acceptors (Lipinski definition) is 5. The smallest absolute Gasteiger partial charge is 0.336 e. The van der Waals surface area contributed by atoms with Gasteiger partial charge in [-0.05, 0) is 36.5 Å². The average molecular weight is 356 g/mol. The Balaban J connectivity index is 1.53. The number of carbonyl (C=O) groups is 1. The van der Waals surface area contributed by atoms with Gasteiger partial charge in [-0.1, -0.05) is 6.92 Å². The number of aromatic hydroxyl groups is 1. The van der Waals surface area contributed by atoms with Crippen LogP contribution in [-0.4, -0.2) is 47.0 Å². The number of hydrogen-bond donors (Lipinski definition) is 1. The summed E-state index contributed by atoms with van der Waals surface area (Å²) >= 11 is 0. The van der Waals surface area contributed by atoms with Gasteiger partial charge >= 0.3 is 5.63 Å². The summed E-state index contributed by atoms with van der Waals surface area (Å²) in [5.74, 6) is 0.732. The van der Waals surface area contributed by atoms with E-state index in [0.29, 0.717) is 24.5 Å². The van der Waals surface area contributed by atoms with Crippen LogP contribution >= 0.6 is 0 Å². The lowest BCUT2D eigenvalue weighted by Crippen LogP contribution is -2.48. The first-order valence-corrected chi connectivity index (χ1v) is 9.35. The topological polar surface area (TPSA) is 74.0 Å². The summed E-state index contributed by atoms with van der Waals surface area (Å²) in [5.41, 5.74) is 1.77. The summed E-state index contributed by atoms with van der Waals surface area (Å²) in [6.07, 6.45) is 2.79. The number of piperazine rings is 1. The van der Waals surface area contributed by atoms with Gasteiger partial charge in [0.25, 0.3) is 0 Å². The van der Waals surface area contributed by atoms with Crippen molar-refractivity contribution in [3.05, 3.63) is 39.7 Å². The fraction of sp³-hybridized carbons (Fsp3) is 0.500. The molecule has 138 valence electrons. The molecule has 1 amide bonds. The lowest BCUT2D eigenvalue weighted by Gasteiger charge is -2.35. The third-order valence-corrected chi connectivity index (χ3v) is 5.41. The highest BCUT2D eigenvalue weighted by atomic mass is 16.4. The van der Waals surface area contributed by atoms with Crippen LogP contribution in [0.25, 0.3) is 11.0 Å². The second-order valence-electron chi connectivity index (χ2n) is 7.30. The van der Waals surface area contributed by atoms with Crippen molar-refractivity contribution in [3.63, 3.8) is 0 Å². The maximum atomic E-state index is 12.2. The van der Waals surface area contributed by atoms with Crippen molar-refractivity contribution in [2.75, 3.05) is 26.2 Å². The van der Waals surface area contributed by atoms with Crippen LogP contribution in [0.15, 0.2) is 27.4 Å². The summed E-state index contributed by atoms with van der Waals surface area (Å²) in [6, 6.07) is 4.99. The maximum absolute atomic E-state index is 12.2. The minimum absolute atomic E-state index is 0.160. The van der Waals surface area contributed by atoms with E-state index in [0.717, 1.165) is 55.5 Å². The van der Waals surface area contributed by atoms with Gasteiger partial charge in [0.05, 0.1) is 0 Å². The Hall–Kier alpha value is -2.34. The van der Waals surface area contributed by atoms with Crippen molar-refractivity contribution in [3.8, 4) is 5.75 Å². The lowest BCUT2D eigenvalue weighted by atomic mass is 10.0. The van der Waals surface area contributed by atoms with Crippen LogP contribution in [0, 0.1) is 5.92 Å². The second kappa shape index (κ2) is 6.76. The summed E-state index contributed by atoms with van der Waals surface area (Å²) in [5, 5.41) is 10.9. The Morgan fingerprint density at radius 1 is 1.15 bits per heavy atom. The molecule has 6 nitrogen and oxygen atoms in total. The highest BCUT2D eigenvalue weighted by molar-refractivity contribution is 5.83. The van der Waals surface area contributed by atoms with Gasteiger partial charge in [0.1, 0.15) is 11.3 Å². The summed E-state index contributed by atoms with van der Waals surface area (Å²) < 4.78 is 5.27. The van der Waals surface area contributed by atoms with Crippen molar-refractivity contribution in [2.24, 2.45) is 5.92 Å². The van der Waals surface area contributed by atoms with Crippen LogP contribution in [0.4, 0.5) is 0 Å². The normalized spacial score (nSPS) is 18.4. The van der Waals surface area contributed by atoms with Crippen molar-refractivity contribution in [1.82, 2.24) is 9.80 Å². The van der Waals surface area contributed by atoms with Crippen molar-refractivity contribution >= 4 is 16.9 Å². The van der Waals surface area contributed by atoms with E-state index in [-0.39, 0.29) is 11.7 Å².